The van der Waals surface area contributed by atoms with Gasteiger partial charge in [0, 0.05) is 34.7 Å². The first kappa shape index (κ1) is 21.3. The van der Waals surface area contributed by atoms with Crippen LogP contribution in [0.25, 0.3) is 28.2 Å². The highest BCUT2D eigenvalue weighted by molar-refractivity contribution is 6.04. The molecule has 3 N–H and O–H groups in total. The second-order valence-electron chi connectivity index (χ2n) is 8.98. The fourth-order valence-corrected chi connectivity index (χ4v) is 5.48. The Hall–Kier alpha value is -3.54. The van der Waals surface area contributed by atoms with Crippen molar-refractivity contribution in [2.24, 2.45) is 5.73 Å². The number of benzene rings is 2. The maximum Gasteiger partial charge on any atom is 0.251 e. The second kappa shape index (κ2) is 8.43. The van der Waals surface area contributed by atoms with Crippen molar-refractivity contribution in [2.45, 2.75) is 44.6 Å². The lowest BCUT2D eigenvalue weighted by atomic mass is 9.81. The normalized spacial score (nSPS) is 15.9. The summed E-state index contributed by atoms with van der Waals surface area (Å²) < 4.78 is 7.65. The molecule has 2 heterocycles. The van der Waals surface area contributed by atoms with Crippen LogP contribution < -0.4 is 15.8 Å². The van der Waals surface area contributed by atoms with E-state index in [0.29, 0.717) is 23.6 Å². The predicted octanol–water partition coefficient (Wildman–Crippen LogP) is 4.61. The predicted molar refractivity (Wildman–Crippen MR) is 130 cm³/mol. The number of nitrogens with one attached hydrogen (secondary N) is 1. The summed E-state index contributed by atoms with van der Waals surface area (Å²) in [6.45, 7) is 0.363. The van der Waals surface area contributed by atoms with Gasteiger partial charge in [-0.05, 0) is 66.3 Å². The van der Waals surface area contributed by atoms with Crippen LogP contribution in [-0.4, -0.2) is 30.5 Å². The molecule has 5 rings (SSSR count). The van der Waals surface area contributed by atoms with Gasteiger partial charge in [0.2, 0.25) is 5.91 Å². The Balaban J connectivity index is 1.85. The van der Waals surface area contributed by atoms with E-state index < -0.39 is 5.91 Å². The minimum Gasteiger partial charge on any atom is -0.497 e. The highest BCUT2D eigenvalue weighted by Crippen LogP contribution is 2.46. The van der Waals surface area contributed by atoms with Crippen LogP contribution in [0.4, 0.5) is 0 Å². The maximum atomic E-state index is 12.4. The van der Waals surface area contributed by atoms with E-state index in [1.165, 1.54) is 24.8 Å². The topological polar surface area (TPSA) is 86.4 Å². The molecule has 1 aliphatic carbocycles. The molecule has 2 aliphatic rings. The largest absolute Gasteiger partial charge is 0.497 e. The minimum absolute atomic E-state index is 0.129. The number of rotatable bonds is 4. The Morgan fingerprint density at radius 3 is 2.58 bits per heavy atom. The zero-order valence-corrected chi connectivity index (χ0v) is 19.1. The fourth-order valence-electron chi connectivity index (χ4n) is 5.48. The van der Waals surface area contributed by atoms with Gasteiger partial charge in [-0.15, -0.1) is 0 Å². The Morgan fingerprint density at radius 1 is 1.09 bits per heavy atom. The van der Waals surface area contributed by atoms with Crippen molar-refractivity contribution in [3.05, 3.63) is 58.7 Å². The summed E-state index contributed by atoms with van der Waals surface area (Å²) in [5.41, 5.74) is 12.3. The SMILES string of the molecule is CNC(=O)c1ccc2c(C3CCCCC3)c3n(c2c1)CC(C(N)=O)=Cc1cc(OC)ccc1-3. The van der Waals surface area contributed by atoms with Gasteiger partial charge in [-0.3, -0.25) is 9.59 Å². The van der Waals surface area contributed by atoms with Gasteiger partial charge in [-0.1, -0.05) is 25.3 Å². The number of ether oxygens (including phenoxy) is 1. The number of nitrogens with zero attached hydrogens (tertiary/aromatic N) is 1. The van der Waals surface area contributed by atoms with E-state index in [1.54, 1.807) is 14.2 Å². The van der Waals surface area contributed by atoms with E-state index in [0.717, 1.165) is 46.3 Å². The van der Waals surface area contributed by atoms with Crippen molar-refractivity contribution in [2.75, 3.05) is 14.2 Å². The molecule has 33 heavy (non-hydrogen) atoms. The summed E-state index contributed by atoms with van der Waals surface area (Å²) in [6, 6.07) is 11.9. The lowest BCUT2D eigenvalue weighted by Gasteiger charge is -2.24. The Kier molecular flexibility index (Phi) is 5.44. The quantitative estimate of drug-likeness (QED) is 0.618. The van der Waals surface area contributed by atoms with Gasteiger partial charge in [0.05, 0.1) is 19.3 Å². The van der Waals surface area contributed by atoms with Crippen molar-refractivity contribution < 1.29 is 14.3 Å². The number of fused-ring (bicyclic) bond motifs is 5. The second-order valence-corrected chi connectivity index (χ2v) is 8.98. The molecule has 1 aliphatic heterocycles. The molecular weight excluding hydrogens is 414 g/mol. The zero-order chi connectivity index (χ0) is 23.1. The van der Waals surface area contributed by atoms with Crippen molar-refractivity contribution >= 4 is 28.8 Å². The van der Waals surface area contributed by atoms with Gasteiger partial charge in [0.25, 0.3) is 5.91 Å². The van der Waals surface area contributed by atoms with Crippen LogP contribution in [0.3, 0.4) is 0 Å². The van der Waals surface area contributed by atoms with Crippen molar-refractivity contribution in [3.8, 4) is 17.0 Å². The number of carbonyl (C=O) groups excluding carboxylic acids is 2. The van der Waals surface area contributed by atoms with Crippen LogP contribution in [0.1, 0.15) is 59.5 Å². The smallest absolute Gasteiger partial charge is 0.251 e. The molecule has 2 aromatic carbocycles. The monoisotopic (exact) mass is 443 g/mol. The number of primary amides is 1. The summed E-state index contributed by atoms with van der Waals surface area (Å²) >= 11 is 0. The first-order valence-electron chi connectivity index (χ1n) is 11.6. The molecule has 3 aromatic rings. The van der Waals surface area contributed by atoms with E-state index in [-0.39, 0.29) is 5.91 Å². The fraction of sp³-hybridized carbons (Fsp3) is 0.333. The average molecular weight is 444 g/mol. The third-order valence-electron chi connectivity index (χ3n) is 7.09. The van der Waals surface area contributed by atoms with E-state index >= 15 is 0 Å². The Labute approximate surface area is 193 Å². The van der Waals surface area contributed by atoms with E-state index in [2.05, 4.69) is 22.0 Å². The molecule has 170 valence electrons. The molecule has 1 saturated carbocycles. The van der Waals surface area contributed by atoms with Gasteiger partial charge >= 0.3 is 0 Å². The number of nitrogens with two attached hydrogens (primary N) is 1. The molecule has 0 bridgehead atoms. The van der Waals surface area contributed by atoms with Crippen molar-refractivity contribution in [3.63, 3.8) is 0 Å². The Bertz CT molecular complexity index is 1300. The summed E-state index contributed by atoms with van der Waals surface area (Å²) in [5, 5.41) is 3.87. The summed E-state index contributed by atoms with van der Waals surface area (Å²) in [6.07, 6.45) is 7.87. The molecule has 0 spiro atoms. The molecule has 0 radical (unpaired) electrons. The van der Waals surface area contributed by atoms with Gasteiger partial charge in [-0.25, -0.2) is 0 Å². The number of hydrogen-bond acceptors (Lipinski definition) is 3. The number of aromatic nitrogens is 1. The summed E-state index contributed by atoms with van der Waals surface area (Å²) in [5.74, 6) is 0.601. The van der Waals surface area contributed by atoms with Gasteiger partial charge in [0.15, 0.2) is 0 Å². The highest BCUT2D eigenvalue weighted by Gasteiger charge is 2.30. The van der Waals surface area contributed by atoms with Crippen LogP contribution in [0.15, 0.2) is 42.0 Å². The molecule has 1 fully saturated rings. The van der Waals surface area contributed by atoms with Gasteiger partial charge < -0.3 is 20.4 Å². The standard InChI is InChI=1S/C27H29N3O3/c1-29-27(32)17-8-10-22-23(14-17)30-15-19(26(28)31)12-18-13-20(33-2)9-11-21(18)25(30)24(22)16-6-4-3-5-7-16/h8-14,16H,3-7,15H2,1-2H3,(H2,28,31)(H,29,32). The van der Waals surface area contributed by atoms with Crippen molar-refractivity contribution in [1.82, 2.24) is 9.88 Å². The van der Waals surface area contributed by atoms with Gasteiger partial charge in [-0.2, -0.15) is 0 Å². The average Bonchev–Trinajstić information content (AvgIpc) is 3.05. The third kappa shape index (κ3) is 3.59. The molecule has 1 aromatic heterocycles. The Morgan fingerprint density at radius 2 is 1.88 bits per heavy atom. The number of methoxy groups -OCH3 is 1. The minimum atomic E-state index is -0.444. The summed E-state index contributed by atoms with van der Waals surface area (Å²) in [7, 11) is 3.28. The van der Waals surface area contributed by atoms with E-state index in [9.17, 15) is 9.59 Å². The number of hydrogen-bond donors (Lipinski definition) is 2. The van der Waals surface area contributed by atoms with Crippen LogP contribution in [-0.2, 0) is 11.3 Å². The van der Waals surface area contributed by atoms with Crippen LogP contribution >= 0.6 is 0 Å². The van der Waals surface area contributed by atoms with E-state index in [1.807, 2.05) is 30.3 Å². The number of amides is 2. The zero-order valence-electron chi connectivity index (χ0n) is 19.1. The van der Waals surface area contributed by atoms with Crippen LogP contribution in [0.5, 0.6) is 5.75 Å². The number of carbonyl (C=O) groups is 2. The van der Waals surface area contributed by atoms with Crippen LogP contribution in [0, 0.1) is 0 Å². The third-order valence-corrected chi connectivity index (χ3v) is 7.09. The first-order chi connectivity index (χ1) is 16.0. The molecule has 6 nitrogen and oxygen atoms in total. The highest BCUT2D eigenvalue weighted by atomic mass is 16.5. The summed E-state index contributed by atoms with van der Waals surface area (Å²) in [4.78, 5) is 24.8. The lowest BCUT2D eigenvalue weighted by molar-refractivity contribution is -0.114. The lowest BCUT2D eigenvalue weighted by Crippen LogP contribution is -2.18. The first-order valence-corrected chi connectivity index (χ1v) is 11.6. The maximum absolute atomic E-state index is 12.4. The molecular formula is C27H29N3O3. The molecule has 0 saturated heterocycles. The van der Waals surface area contributed by atoms with Crippen LogP contribution in [0.2, 0.25) is 0 Å². The van der Waals surface area contributed by atoms with E-state index in [4.69, 9.17) is 10.5 Å². The van der Waals surface area contributed by atoms with Crippen molar-refractivity contribution in [1.29, 1.82) is 0 Å². The molecule has 0 unspecified atom stereocenters. The molecule has 0 atom stereocenters. The van der Waals surface area contributed by atoms with Gasteiger partial charge in [0.1, 0.15) is 5.75 Å². The molecule has 2 amide bonds. The molecule has 6 heteroatoms.